The summed E-state index contributed by atoms with van der Waals surface area (Å²) in [4.78, 5) is 36.9. The van der Waals surface area contributed by atoms with Gasteiger partial charge < -0.3 is 34.8 Å². The number of carbonyl (C=O) groups is 2. The summed E-state index contributed by atoms with van der Waals surface area (Å²) < 4.78 is 18.1. The summed E-state index contributed by atoms with van der Waals surface area (Å²) in [5.41, 5.74) is 0.590. The zero-order valence-corrected chi connectivity index (χ0v) is 19.4. The Morgan fingerprint density at radius 3 is 2.67 bits per heavy atom. The first-order valence-electron chi connectivity index (χ1n) is 11.1. The van der Waals surface area contributed by atoms with Crippen molar-refractivity contribution in [3.63, 3.8) is 0 Å². The smallest absolute Gasteiger partial charge is 0.341 e. The molecule has 0 bridgehead atoms. The fraction of sp³-hybridized carbons (Fsp3) is 0.429. The van der Waals surface area contributed by atoms with Crippen LogP contribution in [-0.4, -0.2) is 94.7 Å². The molecule has 15 nitrogen and oxygen atoms in total. The van der Waals surface area contributed by atoms with E-state index in [9.17, 15) is 24.9 Å². The number of nitrogens with zero attached hydrogens (tertiary/aromatic N) is 6. The standard InChI is InChI=1S/C21H25N7O8/c1-3-34-13(30)5-6-22-17-14-18(27(10-23-14)19-16(32)15(31)12(9-29)36-19)26-21(25-17)28-8-11(7-24-28)20(33)35-4-2/h5-8,10,12,15-16,19,29,31-32H,3-4,9H2,1-2H3,(H,22,25,26)/b6-5+/t12-,15-,16-,19-/m1/s1. The third-order valence-electron chi connectivity index (χ3n) is 5.23. The number of fused-ring (bicyclic) bond motifs is 1. The first-order chi connectivity index (χ1) is 17.4. The fourth-order valence-electron chi connectivity index (χ4n) is 3.54. The number of aliphatic hydroxyl groups is 3. The van der Waals surface area contributed by atoms with Crippen molar-refractivity contribution in [2.45, 2.75) is 38.4 Å². The molecule has 4 N–H and O–H groups in total. The maximum atomic E-state index is 12.1. The molecular formula is C21H25N7O8. The number of hydrogen-bond acceptors (Lipinski definition) is 13. The zero-order chi connectivity index (χ0) is 25.8. The van der Waals surface area contributed by atoms with Gasteiger partial charge in [-0.2, -0.15) is 15.1 Å². The van der Waals surface area contributed by atoms with Gasteiger partial charge in [-0.05, 0) is 13.8 Å². The Kier molecular flexibility index (Phi) is 7.54. The van der Waals surface area contributed by atoms with Gasteiger partial charge in [-0.3, -0.25) is 4.57 Å². The van der Waals surface area contributed by atoms with Gasteiger partial charge in [0.2, 0.25) is 0 Å². The van der Waals surface area contributed by atoms with Crippen LogP contribution in [0.3, 0.4) is 0 Å². The number of rotatable bonds is 9. The summed E-state index contributed by atoms with van der Waals surface area (Å²) in [5, 5.41) is 37.1. The molecule has 4 rings (SSSR count). The number of carbonyl (C=O) groups excluding carboxylic acids is 2. The van der Waals surface area contributed by atoms with E-state index in [1.807, 2.05) is 0 Å². The zero-order valence-electron chi connectivity index (χ0n) is 19.4. The molecule has 0 aromatic carbocycles. The van der Waals surface area contributed by atoms with Gasteiger partial charge in [0.25, 0.3) is 5.95 Å². The predicted molar refractivity (Wildman–Crippen MR) is 121 cm³/mol. The first-order valence-corrected chi connectivity index (χ1v) is 11.1. The third kappa shape index (κ3) is 4.90. The molecule has 0 radical (unpaired) electrons. The molecule has 0 spiro atoms. The van der Waals surface area contributed by atoms with E-state index < -0.39 is 43.1 Å². The molecule has 4 heterocycles. The summed E-state index contributed by atoms with van der Waals surface area (Å²) in [6, 6.07) is 0. The van der Waals surface area contributed by atoms with Gasteiger partial charge in [-0.25, -0.2) is 19.3 Å². The van der Waals surface area contributed by atoms with E-state index >= 15 is 0 Å². The highest BCUT2D eigenvalue weighted by Gasteiger charge is 2.44. The molecule has 3 aromatic heterocycles. The van der Waals surface area contributed by atoms with E-state index in [2.05, 4.69) is 25.4 Å². The number of anilines is 1. The van der Waals surface area contributed by atoms with Crippen molar-refractivity contribution in [3.05, 3.63) is 36.6 Å². The fourth-order valence-corrected chi connectivity index (χ4v) is 3.54. The minimum Gasteiger partial charge on any atom is -0.463 e. The summed E-state index contributed by atoms with van der Waals surface area (Å²) in [7, 11) is 0. The molecule has 36 heavy (non-hydrogen) atoms. The van der Waals surface area contributed by atoms with E-state index in [-0.39, 0.29) is 41.7 Å². The number of aliphatic hydroxyl groups excluding tert-OH is 3. The molecule has 1 aliphatic heterocycles. The van der Waals surface area contributed by atoms with Crippen LogP contribution in [0.2, 0.25) is 0 Å². The lowest BCUT2D eigenvalue weighted by Gasteiger charge is -2.17. The molecule has 4 atom stereocenters. The molecule has 192 valence electrons. The van der Waals surface area contributed by atoms with E-state index in [1.54, 1.807) is 13.8 Å². The van der Waals surface area contributed by atoms with Crippen molar-refractivity contribution >= 4 is 28.9 Å². The van der Waals surface area contributed by atoms with E-state index in [0.717, 1.165) is 6.08 Å². The van der Waals surface area contributed by atoms with Crippen LogP contribution < -0.4 is 5.32 Å². The Morgan fingerprint density at radius 1 is 1.19 bits per heavy atom. The highest BCUT2D eigenvalue weighted by molar-refractivity contribution is 5.89. The molecule has 15 heteroatoms. The van der Waals surface area contributed by atoms with Gasteiger partial charge in [0.1, 0.15) is 18.3 Å². The topological polar surface area (TPSA) is 196 Å². The number of hydrogen-bond donors (Lipinski definition) is 4. The number of nitrogens with one attached hydrogen (secondary N) is 1. The summed E-state index contributed by atoms with van der Waals surface area (Å²) >= 11 is 0. The van der Waals surface area contributed by atoms with Crippen molar-refractivity contribution in [2.24, 2.45) is 0 Å². The molecule has 1 saturated heterocycles. The van der Waals surface area contributed by atoms with Crippen LogP contribution in [0.25, 0.3) is 17.1 Å². The van der Waals surface area contributed by atoms with Crippen LogP contribution in [0.15, 0.2) is 31.0 Å². The molecule has 0 unspecified atom stereocenters. The lowest BCUT2D eigenvalue weighted by atomic mass is 10.1. The second-order valence-corrected chi connectivity index (χ2v) is 7.55. The van der Waals surface area contributed by atoms with Crippen molar-refractivity contribution in [2.75, 3.05) is 25.1 Å². The quantitative estimate of drug-likeness (QED) is 0.211. The molecule has 1 aliphatic rings. The van der Waals surface area contributed by atoms with Gasteiger partial charge >= 0.3 is 11.9 Å². The molecule has 1 fully saturated rings. The van der Waals surface area contributed by atoms with E-state index in [0.29, 0.717) is 0 Å². The first kappa shape index (κ1) is 25.2. The average molecular weight is 503 g/mol. The molecular weight excluding hydrogens is 478 g/mol. The minimum absolute atomic E-state index is 0.0126. The summed E-state index contributed by atoms with van der Waals surface area (Å²) in [6.45, 7) is 3.26. The Labute approximate surface area is 204 Å². The Hall–Kier alpha value is -3.92. The Balaban J connectivity index is 1.76. The van der Waals surface area contributed by atoms with Crippen molar-refractivity contribution < 1.29 is 39.1 Å². The Bertz CT molecular complexity index is 1270. The Morgan fingerprint density at radius 2 is 1.97 bits per heavy atom. The van der Waals surface area contributed by atoms with Crippen LogP contribution in [0, 0.1) is 0 Å². The van der Waals surface area contributed by atoms with Crippen molar-refractivity contribution in [1.29, 1.82) is 0 Å². The van der Waals surface area contributed by atoms with Crippen LogP contribution >= 0.6 is 0 Å². The lowest BCUT2D eigenvalue weighted by molar-refractivity contribution is -0.137. The number of ether oxygens (including phenoxy) is 3. The lowest BCUT2D eigenvalue weighted by Crippen LogP contribution is -2.33. The molecule has 0 amide bonds. The normalized spacial score (nSPS) is 21.8. The maximum Gasteiger partial charge on any atom is 0.341 e. The maximum absolute atomic E-state index is 12.1. The highest BCUT2D eigenvalue weighted by atomic mass is 16.6. The van der Waals surface area contributed by atoms with Crippen LogP contribution in [-0.2, 0) is 19.0 Å². The highest BCUT2D eigenvalue weighted by Crippen LogP contribution is 2.32. The number of esters is 2. The number of imidazole rings is 1. The third-order valence-corrected chi connectivity index (χ3v) is 5.23. The summed E-state index contributed by atoms with van der Waals surface area (Å²) in [6.07, 6.45) is 1.65. The van der Waals surface area contributed by atoms with Gasteiger partial charge in [-0.15, -0.1) is 0 Å². The van der Waals surface area contributed by atoms with Gasteiger partial charge in [0.15, 0.2) is 23.2 Å². The molecule has 0 saturated carbocycles. The van der Waals surface area contributed by atoms with E-state index in [4.69, 9.17) is 14.2 Å². The SMILES string of the molecule is CCOC(=O)/C=C/Nc1nc(-n2cc(C(=O)OCC)cn2)nc2c1ncn2[C@@H]1O[C@H](CO)[C@@H](O)[C@H]1O. The second-order valence-electron chi connectivity index (χ2n) is 7.55. The van der Waals surface area contributed by atoms with Gasteiger partial charge in [0.05, 0.1) is 37.9 Å². The van der Waals surface area contributed by atoms with Gasteiger partial charge in [-0.1, -0.05) is 0 Å². The van der Waals surface area contributed by atoms with Crippen LogP contribution in [0.4, 0.5) is 5.82 Å². The van der Waals surface area contributed by atoms with Crippen LogP contribution in [0.1, 0.15) is 30.4 Å². The van der Waals surface area contributed by atoms with Gasteiger partial charge in [0, 0.05) is 18.5 Å². The minimum atomic E-state index is -1.38. The van der Waals surface area contributed by atoms with Crippen LogP contribution in [0.5, 0.6) is 0 Å². The molecule has 0 aliphatic carbocycles. The van der Waals surface area contributed by atoms with Crippen molar-refractivity contribution in [3.8, 4) is 5.95 Å². The second kappa shape index (κ2) is 10.8. The summed E-state index contributed by atoms with van der Waals surface area (Å²) in [5.74, 6) is -0.969. The van der Waals surface area contributed by atoms with Crippen molar-refractivity contribution in [1.82, 2.24) is 29.3 Å². The predicted octanol–water partition coefficient (Wildman–Crippen LogP) is -0.711. The largest absolute Gasteiger partial charge is 0.463 e. The average Bonchev–Trinajstić information content (AvgIpc) is 3.58. The number of aromatic nitrogens is 6. The van der Waals surface area contributed by atoms with E-state index in [1.165, 1.54) is 34.2 Å². The monoisotopic (exact) mass is 503 g/mol. The molecule has 3 aromatic rings.